The molecule has 0 aliphatic heterocycles. The fourth-order valence-electron chi connectivity index (χ4n) is 0.601. The summed E-state index contributed by atoms with van der Waals surface area (Å²) in [5, 5.41) is 0. The van der Waals surface area contributed by atoms with Gasteiger partial charge in [0.1, 0.15) is 5.82 Å². The Hall–Kier alpha value is -0.120. The summed E-state index contributed by atoms with van der Waals surface area (Å²) in [6.45, 7) is 1.95. The van der Waals surface area contributed by atoms with Crippen LogP contribution in [0.25, 0.3) is 0 Å². The van der Waals surface area contributed by atoms with Gasteiger partial charge in [-0.3, -0.25) is 0 Å². The van der Waals surface area contributed by atoms with Gasteiger partial charge in [0.05, 0.1) is 0 Å². The van der Waals surface area contributed by atoms with Crippen LogP contribution in [0.2, 0.25) is 0 Å². The smallest absolute Gasteiger partial charge is 0.136 e. The van der Waals surface area contributed by atoms with Crippen LogP contribution in [0, 0.1) is 16.3 Å². The van der Waals surface area contributed by atoms with Crippen LogP contribution in [0.5, 0.6) is 0 Å². The molecular weight excluding hydrogens is 230 g/mol. The second kappa shape index (κ2) is 2.64. The van der Waals surface area contributed by atoms with Crippen molar-refractivity contribution in [2.45, 2.75) is 6.92 Å². The summed E-state index contributed by atoms with van der Waals surface area (Å²) in [7, 11) is 0. The Morgan fingerprint density at radius 2 is 2.11 bits per heavy atom. The average Bonchev–Trinajstić information content (AvgIpc) is 1.80. The van der Waals surface area contributed by atoms with E-state index in [1.54, 1.807) is 6.07 Å². The van der Waals surface area contributed by atoms with Crippen LogP contribution in [-0.4, -0.2) is 0 Å². The fraction of sp³-hybridized carbons (Fsp3) is 0.143. The summed E-state index contributed by atoms with van der Waals surface area (Å²) in [4.78, 5) is 0. The molecule has 0 spiro atoms. The molecule has 1 aromatic carbocycles. The van der Waals surface area contributed by atoms with Gasteiger partial charge in [0.15, 0.2) is 0 Å². The molecule has 48 valence electrons. The van der Waals surface area contributed by atoms with Crippen LogP contribution in [0.4, 0.5) is 4.39 Å². The number of rotatable bonds is 0. The maximum atomic E-state index is 12.5. The van der Waals surface area contributed by atoms with Gasteiger partial charge in [-0.25, -0.2) is 4.39 Å². The number of halogens is 2. The molecule has 0 saturated carbocycles. The Balaban J connectivity index is 3.17. The van der Waals surface area contributed by atoms with Crippen molar-refractivity contribution in [2.24, 2.45) is 0 Å². The minimum Gasteiger partial charge on any atom is -0.206 e. The SMILES string of the molecule is Cc1ccc(F)c(I)c1. The van der Waals surface area contributed by atoms with Crippen LogP contribution in [0.15, 0.2) is 18.2 Å². The zero-order chi connectivity index (χ0) is 6.85. The average molecular weight is 236 g/mol. The highest BCUT2D eigenvalue weighted by molar-refractivity contribution is 14.1. The molecule has 9 heavy (non-hydrogen) atoms. The summed E-state index contributed by atoms with van der Waals surface area (Å²) in [5.41, 5.74) is 1.10. The Labute approximate surface area is 67.2 Å². The number of benzene rings is 1. The fourth-order valence-corrected chi connectivity index (χ4v) is 1.27. The van der Waals surface area contributed by atoms with Gasteiger partial charge >= 0.3 is 0 Å². The van der Waals surface area contributed by atoms with Crippen molar-refractivity contribution < 1.29 is 4.39 Å². The van der Waals surface area contributed by atoms with Gasteiger partial charge in [-0.1, -0.05) is 6.07 Å². The van der Waals surface area contributed by atoms with Crippen molar-refractivity contribution in [1.29, 1.82) is 0 Å². The number of aryl methyl sites for hydroxylation is 1. The van der Waals surface area contributed by atoms with Gasteiger partial charge in [0, 0.05) is 3.57 Å². The number of hydrogen-bond acceptors (Lipinski definition) is 0. The zero-order valence-electron chi connectivity index (χ0n) is 4.99. The highest BCUT2D eigenvalue weighted by atomic mass is 127. The third-order valence-electron chi connectivity index (χ3n) is 1.08. The summed E-state index contributed by atoms with van der Waals surface area (Å²) in [6, 6.07) is 5.06. The summed E-state index contributed by atoms with van der Waals surface area (Å²) in [5.74, 6) is -0.138. The van der Waals surface area contributed by atoms with E-state index in [0.717, 1.165) is 5.56 Å². The quantitative estimate of drug-likeness (QED) is 0.607. The van der Waals surface area contributed by atoms with Crippen LogP contribution < -0.4 is 0 Å². The predicted molar refractivity (Wildman–Crippen MR) is 43.9 cm³/mol. The van der Waals surface area contributed by atoms with Crippen molar-refractivity contribution in [3.8, 4) is 0 Å². The first-order valence-electron chi connectivity index (χ1n) is 2.62. The molecule has 0 fully saturated rings. The zero-order valence-corrected chi connectivity index (χ0v) is 7.15. The summed E-state index contributed by atoms with van der Waals surface area (Å²) < 4.78 is 13.2. The Bertz CT molecular complexity index is 220. The normalized spacial score (nSPS) is 9.67. The molecular formula is C7H6FI. The lowest BCUT2D eigenvalue weighted by Crippen LogP contribution is -1.80. The largest absolute Gasteiger partial charge is 0.206 e. The van der Waals surface area contributed by atoms with Gasteiger partial charge in [-0.15, -0.1) is 0 Å². The highest BCUT2D eigenvalue weighted by Crippen LogP contribution is 2.11. The van der Waals surface area contributed by atoms with E-state index in [4.69, 9.17) is 0 Å². The van der Waals surface area contributed by atoms with Gasteiger partial charge in [0.25, 0.3) is 0 Å². The summed E-state index contributed by atoms with van der Waals surface area (Å²) >= 11 is 1.97. The monoisotopic (exact) mass is 236 g/mol. The lowest BCUT2D eigenvalue weighted by molar-refractivity contribution is 0.620. The van der Waals surface area contributed by atoms with Gasteiger partial charge in [-0.2, -0.15) is 0 Å². The molecule has 0 aliphatic rings. The Morgan fingerprint density at radius 3 is 2.56 bits per heavy atom. The first-order valence-corrected chi connectivity index (χ1v) is 3.69. The van der Waals surface area contributed by atoms with Crippen LogP contribution in [-0.2, 0) is 0 Å². The van der Waals surface area contributed by atoms with E-state index in [0.29, 0.717) is 3.57 Å². The third-order valence-corrected chi connectivity index (χ3v) is 1.90. The maximum Gasteiger partial charge on any atom is 0.136 e. The third kappa shape index (κ3) is 1.64. The Kier molecular flexibility index (Phi) is 2.05. The molecule has 0 aliphatic carbocycles. The molecule has 2 heteroatoms. The molecule has 0 nitrogen and oxygen atoms in total. The molecule has 0 saturated heterocycles. The standard InChI is InChI=1S/C7H6FI/c1-5-2-3-6(8)7(9)4-5/h2-4H,1H3. The van der Waals surface area contributed by atoms with Crippen LogP contribution in [0.1, 0.15) is 5.56 Å². The second-order valence-electron chi connectivity index (χ2n) is 1.92. The summed E-state index contributed by atoms with van der Waals surface area (Å²) in [6.07, 6.45) is 0. The molecule has 0 radical (unpaired) electrons. The van der Waals surface area contributed by atoms with Gasteiger partial charge < -0.3 is 0 Å². The molecule has 0 aromatic heterocycles. The van der Waals surface area contributed by atoms with Crippen molar-refractivity contribution in [1.82, 2.24) is 0 Å². The van der Waals surface area contributed by atoms with E-state index in [1.165, 1.54) is 6.07 Å². The van der Waals surface area contributed by atoms with E-state index in [9.17, 15) is 4.39 Å². The van der Waals surface area contributed by atoms with E-state index in [-0.39, 0.29) is 5.82 Å². The minimum atomic E-state index is -0.138. The second-order valence-corrected chi connectivity index (χ2v) is 3.08. The van der Waals surface area contributed by atoms with E-state index in [2.05, 4.69) is 0 Å². The van der Waals surface area contributed by atoms with Gasteiger partial charge in [-0.05, 0) is 47.2 Å². The van der Waals surface area contributed by atoms with Crippen molar-refractivity contribution >= 4 is 22.6 Å². The maximum absolute atomic E-state index is 12.5. The molecule has 0 bridgehead atoms. The lowest BCUT2D eigenvalue weighted by atomic mass is 10.2. The minimum absolute atomic E-state index is 0.138. The van der Waals surface area contributed by atoms with Gasteiger partial charge in [0.2, 0.25) is 0 Å². The van der Waals surface area contributed by atoms with Crippen molar-refractivity contribution in [2.75, 3.05) is 0 Å². The van der Waals surface area contributed by atoms with Crippen LogP contribution >= 0.6 is 22.6 Å². The first-order chi connectivity index (χ1) is 4.20. The lowest BCUT2D eigenvalue weighted by Gasteiger charge is -1.93. The predicted octanol–water partition coefficient (Wildman–Crippen LogP) is 2.74. The molecule has 1 rings (SSSR count). The molecule has 0 atom stereocenters. The Morgan fingerprint density at radius 1 is 1.44 bits per heavy atom. The van der Waals surface area contributed by atoms with Crippen LogP contribution in [0.3, 0.4) is 0 Å². The van der Waals surface area contributed by atoms with E-state index in [1.807, 2.05) is 35.6 Å². The first kappa shape index (κ1) is 6.99. The van der Waals surface area contributed by atoms with E-state index < -0.39 is 0 Å². The topological polar surface area (TPSA) is 0 Å². The highest BCUT2D eigenvalue weighted by Gasteiger charge is 1.94. The van der Waals surface area contributed by atoms with Crippen molar-refractivity contribution in [3.05, 3.63) is 33.1 Å². The molecule has 1 aromatic rings. The molecule has 0 N–H and O–H groups in total. The molecule has 0 heterocycles. The molecule has 0 unspecified atom stereocenters. The molecule has 0 amide bonds. The van der Waals surface area contributed by atoms with Crippen molar-refractivity contribution in [3.63, 3.8) is 0 Å². The number of hydrogen-bond donors (Lipinski definition) is 0. The van der Waals surface area contributed by atoms with E-state index >= 15 is 0 Å².